The van der Waals surface area contributed by atoms with Crippen molar-refractivity contribution in [1.82, 2.24) is 9.97 Å². The summed E-state index contributed by atoms with van der Waals surface area (Å²) >= 11 is 0. The molecule has 90 valence electrons. The molecule has 0 saturated heterocycles. The zero-order chi connectivity index (χ0) is 12.2. The van der Waals surface area contributed by atoms with Crippen LogP contribution in [0.4, 0.5) is 5.82 Å². The fourth-order valence-corrected chi connectivity index (χ4v) is 1.76. The topological polar surface area (TPSA) is 37.8 Å². The third kappa shape index (κ3) is 3.80. The van der Waals surface area contributed by atoms with Crippen molar-refractivity contribution in [3.05, 3.63) is 18.1 Å². The van der Waals surface area contributed by atoms with Crippen molar-refractivity contribution in [3.63, 3.8) is 0 Å². The van der Waals surface area contributed by atoms with Crippen LogP contribution >= 0.6 is 0 Å². The van der Waals surface area contributed by atoms with Crippen molar-refractivity contribution in [2.45, 2.75) is 58.9 Å². The lowest BCUT2D eigenvalue weighted by atomic mass is 9.99. The molecule has 3 nitrogen and oxygen atoms in total. The van der Waals surface area contributed by atoms with Gasteiger partial charge < -0.3 is 5.32 Å². The van der Waals surface area contributed by atoms with Crippen LogP contribution in [0.15, 0.2) is 12.4 Å². The molecule has 0 aliphatic heterocycles. The van der Waals surface area contributed by atoms with Gasteiger partial charge in [0.2, 0.25) is 0 Å². The maximum absolute atomic E-state index is 4.36. The average Bonchev–Trinajstić information content (AvgIpc) is 2.17. The van der Waals surface area contributed by atoms with E-state index in [1.807, 2.05) is 0 Å². The van der Waals surface area contributed by atoms with Gasteiger partial charge in [-0.25, -0.2) is 9.97 Å². The molecule has 1 N–H and O–H groups in total. The first kappa shape index (κ1) is 12.9. The van der Waals surface area contributed by atoms with Crippen molar-refractivity contribution in [3.8, 4) is 0 Å². The van der Waals surface area contributed by atoms with Crippen LogP contribution in [0.5, 0.6) is 0 Å². The molecular weight excluding hydrogens is 198 g/mol. The number of hydrogen-bond donors (Lipinski definition) is 1. The fraction of sp³-hybridized carbons (Fsp3) is 0.692. The van der Waals surface area contributed by atoms with E-state index in [0.717, 1.165) is 24.4 Å². The molecule has 1 heterocycles. The molecule has 1 rings (SSSR count). The Balaban J connectivity index is 2.86. The van der Waals surface area contributed by atoms with Gasteiger partial charge in [0.25, 0.3) is 0 Å². The van der Waals surface area contributed by atoms with Crippen LogP contribution < -0.4 is 5.32 Å². The van der Waals surface area contributed by atoms with Crippen molar-refractivity contribution in [1.29, 1.82) is 0 Å². The smallest absolute Gasteiger partial charge is 0.130 e. The van der Waals surface area contributed by atoms with E-state index < -0.39 is 0 Å². The van der Waals surface area contributed by atoms with Crippen molar-refractivity contribution >= 4 is 5.82 Å². The van der Waals surface area contributed by atoms with Gasteiger partial charge in [-0.05, 0) is 33.6 Å². The lowest BCUT2D eigenvalue weighted by molar-refractivity contribution is 0.613. The normalized spacial score (nSPS) is 11.9. The Kier molecular flexibility index (Phi) is 4.27. The largest absolute Gasteiger partial charge is 0.365 e. The highest BCUT2D eigenvalue weighted by Crippen LogP contribution is 2.22. The van der Waals surface area contributed by atoms with Gasteiger partial charge >= 0.3 is 0 Å². The van der Waals surface area contributed by atoms with E-state index in [1.165, 1.54) is 0 Å². The van der Waals surface area contributed by atoms with Crippen LogP contribution in [0.25, 0.3) is 0 Å². The number of anilines is 1. The molecule has 0 aliphatic rings. The molecule has 1 aromatic heterocycles. The molecule has 0 aromatic carbocycles. The first-order valence-corrected chi connectivity index (χ1v) is 6.06. The van der Waals surface area contributed by atoms with Crippen LogP contribution in [0, 0.1) is 0 Å². The Morgan fingerprint density at radius 3 is 2.31 bits per heavy atom. The van der Waals surface area contributed by atoms with Gasteiger partial charge in [-0.3, -0.25) is 0 Å². The lowest BCUT2D eigenvalue weighted by Gasteiger charge is -2.22. The molecule has 0 unspecified atom stereocenters. The predicted molar refractivity (Wildman–Crippen MR) is 68.7 cm³/mol. The standard InChI is InChI=1S/C13H23N3/c1-6-10(7-2)11-8-12(15-9-14-11)16-13(3,4)5/h8-10H,6-7H2,1-5H3,(H,14,15,16). The Hall–Kier alpha value is -1.12. The summed E-state index contributed by atoms with van der Waals surface area (Å²) in [5, 5.41) is 3.37. The van der Waals surface area contributed by atoms with Gasteiger partial charge in [0.15, 0.2) is 0 Å². The molecule has 3 heteroatoms. The summed E-state index contributed by atoms with van der Waals surface area (Å²) in [5.41, 5.74) is 1.19. The van der Waals surface area contributed by atoms with E-state index in [0.29, 0.717) is 5.92 Å². The summed E-state index contributed by atoms with van der Waals surface area (Å²) in [6, 6.07) is 2.07. The SMILES string of the molecule is CCC(CC)c1cc(NC(C)(C)C)ncn1. The van der Waals surface area contributed by atoms with E-state index >= 15 is 0 Å². The average molecular weight is 221 g/mol. The molecule has 0 radical (unpaired) electrons. The predicted octanol–water partition coefficient (Wildman–Crippen LogP) is 3.59. The van der Waals surface area contributed by atoms with Crippen LogP contribution in [-0.4, -0.2) is 15.5 Å². The van der Waals surface area contributed by atoms with Gasteiger partial charge in [0, 0.05) is 23.2 Å². The minimum Gasteiger partial charge on any atom is -0.365 e. The molecule has 1 aromatic rings. The van der Waals surface area contributed by atoms with Crippen LogP contribution in [-0.2, 0) is 0 Å². The minimum absolute atomic E-state index is 0.0412. The molecule has 0 fully saturated rings. The summed E-state index contributed by atoms with van der Waals surface area (Å²) in [6.45, 7) is 10.8. The highest BCUT2D eigenvalue weighted by atomic mass is 15.1. The van der Waals surface area contributed by atoms with Gasteiger partial charge in [0.1, 0.15) is 12.1 Å². The highest BCUT2D eigenvalue weighted by Gasteiger charge is 2.13. The van der Waals surface area contributed by atoms with Crippen LogP contribution in [0.2, 0.25) is 0 Å². The summed E-state index contributed by atoms with van der Waals surface area (Å²) in [5.74, 6) is 1.47. The van der Waals surface area contributed by atoms with E-state index in [4.69, 9.17) is 0 Å². The Morgan fingerprint density at radius 2 is 1.81 bits per heavy atom. The number of rotatable bonds is 4. The molecule has 16 heavy (non-hydrogen) atoms. The summed E-state index contributed by atoms with van der Waals surface area (Å²) in [4.78, 5) is 8.61. The number of aromatic nitrogens is 2. The van der Waals surface area contributed by atoms with Crippen molar-refractivity contribution < 1.29 is 0 Å². The van der Waals surface area contributed by atoms with Gasteiger partial charge in [-0.2, -0.15) is 0 Å². The third-order valence-corrected chi connectivity index (χ3v) is 2.60. The Bertz CT molecular complexity index is 324. The Morgan fingerprint density at radius 1 is 1.19 bits per heavy atom. The third-order valence-electron chi connectivity index (χ3n) is 2.60. The lowest BCUT2D eigenvalue weighted by Crippen LogP contribution is -2.26. The van der Waals surface area contributed by atoms with E-state index in [-0.39, 0.29) is 5.54 Å². The van der Waals surface area contributed by atoms with Gasteiger partial charge in [0.05, 0.1) is 0 Å². The second kappa shape index (κ2) is 5.28. The number of nitrogens with zero attached hydrogens (tertiary/aromatic N) is 2. The first-order valence-electron chi connectivity index (χ1n) is 6.06. The summed E-state index contributed by atoms with van der Waals surface area (Å²) < 4.78 is 0. The van der Waals surface area contributed by atoms with Crippen molar-refractivity contribution in [2.24, 2.45) is 0 Å². The number of nitrogens with one attached hydrogen (secondary N) is 1. The highest BCUT2D eigenvalue weighted by molar-refractivity contribution is 5.38. The Labute approximate surface area is 98.7 Å². The molecule has 0 amide bonds. The van der Waals surface area contributed by atoms with E-state index in [9.17, 15) is 0 Å². The summed E-state index contributed by atoms with van der Waals surface area (Å²) in [7, 11) is 0. The molecular formula is C13H23N3. The maximum Gasteiger partial charge on any atom is 0.130 e. The van der Waals surface area contributed by atoms with Crippen LogP contribution in [0.3, 0.4) is 0 Å². The fourth-order valence-electron chi connectivity index (χ4n) is 1.76. The monoisotopic (exact) mass is 221 g/mol. The molecule has 0 atom stereocenters. The van der Waals surface area contributed by atoms with Crippen molar-refractivity contribution in [2.75, 3.05) is 5.32 Å². The second-order valence-corrected chi connectivity index (χ2v) is 5.22. The molecule has 0 spiro atoms. The molecule has 0 bridgehead atoms. The zero-order valence-corrected chi connectivity index (χ0v) is 11.0. The molecule has 0 aliphatic carbocycles. The maximum atomic E-state index is 4.36. The first-order chi connectivity index (χ1) is 7.46. The molecule has 0 saturated carbocycles. The van der Waals surface area contributed by atoms with E-state index in [2.05, 4.69) is 56.0 Å². The number of hydrogen-bond acceptors (Lipinski definition) is 3. The zero-order valence-electron chi connectivity index (χ0n) is 11.0. The quantitative estimate of drug-likeness (QED) is 0.844. The van der Waals surface area contributed by atoms with Crippen LogP contribution in [0.1, 0.15) is 59.1 Å². The van der Waals surface area contributed by atoms with E-state index in [1.54, 1.807) is 6.33 Å². The summed E-state index contributed by atoms with van der Waals surface area (Å²) in [6.07, 6.45) is 3.91. The van der Waals surface area contributed by atoms with Gasteiger partial charge in [-0.15, -0.1) is 0 Å². The van der Waals surface area contributed by atoms with Gasteiger partial charge in [-0.1, -0.05) is 13.8 Å². The second-order valence-electron chi connectivity index (χ2n) is 5.22. The minimum atomic E-state index is 0.0412.